The van der Waals surface area contributed by atoms with Gasteiger partial charge < -0.3 is 5.11 Å². The lowest BCUT2D eigenvalue weighted by Gasteiger charge is -2.30. The van der Waals surface area contributed by atoms with Crippen LogP contribution in [0.3, 0.4) is 0 Å². The second-order valence-electron chi connectivity index (χ2n) is 4.65. The predicted octanol–water partition coefficient (Wildman–Crippen LogP) is 4.37. The first-order chi connectivity index (χ1) is 7.18. The highest BCUT2D eigenvalue weighted by atomic mass is 79.9. The molecule has 1 aliphatic rings. The molecule has 1 aliphatic carbocycles. The second-order valence-corrected chi connectivity index (χ2v) is 6.25. The maximum absolute atomic E-state index is 10.3. The van der Waals surface area contributed by atoms with Crippen LogP contribution in [-0.4, -0.2) is 5.11 Å². The van der Waals surface area contributed by atoms with Gasteiger partial charge in [-0.15, -0.1) is 0 Å². The molecule has 1 fully saturated rings. The highest BCUT2D eigenvalue weighted by Gasteiger charge is 2.27. The van der Waals surface area contributed by atoms with Crippen LogP contribution in [0.2, 0.25) is 0 Å². The minimum Gasteiger partial charge on any atom is -0.388 e. The van der Waals surface area contributed by atoms with Gasteiger partial charge in [0.1, 0.15) is 0 Å². The summed E-state index contributed by atoms with van der Waals surface area (Å²) >= 11 is 5.15. The summed E-state index contributed by atoms with van der Waals surface area (Å²) in [7, 11) is 0. The predicted molar refractivity (Wildman–Crippen MR) is 68.1 cm³/mol. The lowest BCUT2D eigenvalue weighted by atomic mass is 9.78. The molecule has 0 saturated heterocycles. The summed E-state index contributed by atoms with van der Waals surface area (Å²) < 4.78 is 1.07. The average molecular weight is 289 g/mol. The second kappa shape index (κ2) is 4.98. The minimum absolute atomic E-state index is 0.270. The standard InChI is InChI=1S/C12H17BrOS/c1-8-3-2-4-9(5-8)12(14)10-6-15-7-11(10)13/h6-9,12,14H,2-5H2,1H3. The Morgan fingerprint density at radius 2 is 2.27 bits per heavy atom. The van der Waals surface area contributed by atoms with Gasteiger partial charge in [0.05, 0.1) is 6.10 Å². The molecule has 0 amide bonds. The summed E-state index contributed by atoms with van der Waals surface area (Å²) in [6, 6.07) is 0. The third-order valence-corrected chi connectivity index (χ3v) is 5.14. The van der Waals surface area contributed by atoms with Crippen LogP contribution in [0.25, 0.3) is 0 Å². The van der Waals surface area contributed by atoms with E-state index in [4.69, 9.17) is 0 Å². The Hall–Kier alpha value is 0.140. The Kier molecular flexibility index (Phi) is 3.86. The largest absolute Gasteiger partial charge is 0.388 e. The lowest BCUT2D eigenvalue weighted by molar-refractivity contribution is 0.0712. The molecule has 0 radical (unpaired) electrons. The minimum atomic E-state index is -0.270. The number of rotatable bonds is 2. The van der Waals surface area contributed by atoms with Gasteiger partial charge in [0, 0.05) is 15.4 Å². The first-order valence-electron chi connectivity index (χ1n) is 5.58. The normalized spacial score (nSPS) is 29.0. The molecule has 3 unspecified atom stereocenters. The third kappa shape index (κ3) is 2.63. The smallest absolute Gasteiger partial charge is 0.0837 e. The third-order valence-electron chi connectivity index (χ3n) is 3.38. The van der Waals surface area contributed by atoms with E-state index >= 15 is 0 Å². The van der Waals surface area contributed by atoms with E-state index in [0.29, 0.717) is 5.92 Å². The number of aliphatic hydroxyl groups is 1. The van der Waals surface area contributed by atoms with Crippen molar-refractivity contribution in [2.45, 2.75) is 38.7 Å². The summed E-state index contributed by atoms with van der Waals surface area (Å²) in [6.45, 7) is 2.29. The van der Waals surface area contributed by atoms with Gasteiger partial charge in [-0.3, -0.25) is 0 Å². The zero-order valence-corrected chi connectivity index (χ0v) is 11.4. The molecular weight excluding hydrogens is 272 g/mol. The molecule has 1 aromatic heterocycles. The SMILES string of the molecule is CC1CCCC(C(O)c2cscc2Br)C1. The fourth-order valence-electron chi connectivity index (χ4n) is 2.52. The van der Waals surface area contributed by atoms with E-state index in [1.807, 2.05) is 5.38 Å². The fourth-order valence-corrected chi connectivity index (χ4v) is 4.08. The molecule has 3 heteroatoms. The maximum atomic E-state index is 10.3. The Balaban J connectivity index is 2.07. The van der Waals surface area contributed by atoms with Crippen LogP contribution < -0.4 is 0 Å². The van der Waals surface area contributed by atoms with Gasteiger partial charge in [-0.05, 0) is 46.0 Å². The quantitative estimate of drug-likeness (QED) is 0.857. The average Bonchev–Trinajstić information content (AvgIpc) is 2.63. The first kappa shape index (κ1) is 11.6. The van der Waals surface area contributed by atoms with Gasteiger partial charge in [0.15, 0.2) is 0 Å². The van der Waals surface area contributed by atoms with Crippen molar-refractivity contribution in [1.82, 2.24) is 0 Å². The van der Waals surface area contributed by atoms with Crippen LogP contribution >= 0.6 is 27.3 Å². The molecule has 1 nitrogen and oxygen atoms in total. The summed E-state index contributed by atoms with van der Waals surface area (Å²) in [5, 5.41) is 14.4. The van der Waals surface area contributed by atoms with Crippen LogP contribution in [0.15, 0.2) is 15.2 Å². The van der Waals surface area contributed by atoms with Gasteiger partial charge >= 0.3 is 0 Å². The van der Waals surface area contributed by atoms with Crippen molar-refractivity contribution in [2.24, 2.45) is 11.8 Å². The van der Waals surface area contributed by atoms with Crippen molar-refractivity contribution in [1.29, 1.82) is 0 Å². The van der Waals surface area contributed by atoms with Crippen LogP contribution in [0, 0.1) is 11.8 Å². The number of hydrogen-bond donors (Lipinski definition) is 1. The zero-order chi connectivity index (χ0) is 10.8. The van der Waals surface area contributed by atoms with Gasteiger partial charge in [0.25, 0.3) is 0 Å². The lowest BCUT2D eigenvalue weighted by Crippen LogP contribution is -2.20. The van der Waals surface area contributed by atoms with Gasteiger partial charge in [-0.25, -0.2) is 0 Å². The Morgan fingerprint density at radius 1 is 1.47 bits per heavy atom. The van der Waals surface area contributed by atoms with Crippen LogP contribution in [-0.2, 0) is 0 Å². The molecule has 84 valence electrons. The number of hydrogen-bond acceptors (Lipinski definition) is 2. The molecule has 2 rings (SSSR count). The van der Waals surface area contributed by atoms with Crippen LogP contribution in [0.4, 0.5) is 0 Å². The van der Waals surface area contributed by atoms with E-state index in [2.05, 4.69) is 28.2 Å². The highest BCUT2D eigenvalue weighted by Crippen LogP contribution is 2.40. The molecular formula is C12H17BrOS. The van der Waals surface area contributed by atoms with E-state index in [0.717, 1.165) is 16.0 Å². The van der Waals surface area contributed by atoms with Crippen molar-refractivity contribution < 1.29 is 5.11 Å². The molecule has 0 bridgehead atoms. The van der Waals surface area contributed by atoms with Crippen molar-refractivity contribution in [3.05, 3.63) is 20.8 Å². The Bertz CT molecular complexity index is 323. The van der Waals surface area contributed by atoms with Gasteiger partial charge in [0.2, 0.25) is 0 Å². The number of aliphatic hydroxyl groups excluding tert-OH is 1. The molecule has 1 heterocycles. The van der Waals surface area contributed by atoms with Crippen molar-refractivity contribution >= 4 is 27.3 Å². The summed E-state index contributed by atoms with van der Waals surface area (Å²) in [5.41, 5.74) is 1.08. The summed E-state index contributed by atoms with van der Waals surface area (Å²) in [4.78, 5) is 0. The van der Waals surface area contributed by atoms with Crippen molar-refractivity contribution in [3.63, 3.8) is 0 Å². The number of thiophene rings is 1. The van der Waals surface area contributed by atoms with Crippen molar-refractivity contribution in [3.8, 4) is 0 Å². The molecule has 0 spiro atoms. The van der Waals surface area contributed by atoms with Crippen molar-refractivity contribution in [2.75, 3.05) is 0 Å². The van der Waals surface area contributed by atoms with Gasteiger partial charge in [-0.2, -0.15) is 11.3 Å². The molecule has 0 aliphatic heterocycles. The monoisotopic (exact) mass is 288 g/mol. The Labute approximate surface area is 104 Å². The molecule has 3 atom stereocenters. The van der Waals surface area contributed by atoms with Crippen LogP contribution in [0.5, 0.6) is 0 Å². The van der Waals surface area contributed by atoms with E-state index < -0.39 is 0 Å². The molecule has 15 heavy (non-hydrogen) atoms. The number of halogens is 1. The van der Waals surface area contributed by atoms with E-state index in [1.54, 1.807) is 11.3 Å². The topological polar surface area (TPSA) is 20.2 Å². The van der Waals surface area contributed by atoms with Crippen LogP contribution in [0.1, 0.15) is 44.3 Å². The highest BCUT2D eigenvalue weighted by molar-refractivity contribution is 9.10. The summed E-state index contributed by atoms with van der Waals surface area (Å²) in [6.07, 6.45) is 4.67. The van der Waals surface area contributed by atoms with E-state index in [1.165, 1.54) is 25.7 Å². The Morgan fingerprint density at radius 3 is 2.87 bits per heavy atom. The fraction of sp³-hybridized carbons (Fsp3) is 0.667. The molecule has 0 aromatic carbocycles. The van der Waals surface area contributed by atoms with Gasteiger partial charge in [-0.1, -0.05) is 19.8 Å². The van der Waals surface area contributed by atoms with E-state index in [9.17, 15) is 5.11 Å². The summed E-state index contributed by atoms with van der Waals surface area (Å²) in [5.74, 6) is 1.23. The molecule has 1 saturated carbocycles. The first-order valence-corrected chi connectivity index (χ1v) is 7.31. The zero-order valence-electron chi connectivity index (χ0n) is 8.95. The molecule has 1 aromatic rings. The maximum Gasteiger partial charge on any atom is 0.0837 e. The molecule has 1 N–H and O–H groups in total. The van der Waals surface area contributed by atoms with E-state index in [-0.39, 0.29) is 6.10 Å².